The van der Waals surface area contributed by atoms with Gasteiger partial charge in [0.25, 0.3) is 10.0 Å². The molecule has 45 heavy (non-hydrogen) atoms. The number of benzene rings is 2. The van der Waals surface area contributed by atoms with Gasteiger partial charge in [-0.3, -0.25) is 18.8 Å². The van der Waals surface area contributed by atoms with Gasteiger partial charge in [0.1, 0.15) is 11.9 Å². The van der Waals surface area contributed by atoms with Gasteiger partial charge in [-0.1, -0.05) is 31.7 Å². The number of rotatable bonds is 13. The first-order valence-corrected chi connectivity index (χ1v) is 17.3. The number of aliphatic hydroxyl groups is 1. The van der Waals surface area contributed by atoms with E-state index in [1.165, 1.54) is 32.1 Å². The number of nitrogens with zero attached hydrogens (tertiary/aromatic N) is 3. The summed E-state index contributed by atoms with van der Waals surface area (Å²) in [5.74, 6) is 1.47. The summed E-state index contributed by atoms with van der Waals surface area (Å²) in [6.07, 6.45) is 15.0. The normalized spacial score (nSPS) is 17.5. The number of hydrogen-bond acceptors (Lipinski definition) is 7. The van der Waals surface area contributed by atoms with Gasteiger partial charge in [-0.15, -0.1) is 0 Å². The Balaban J connectivity index is 1.02. The molecule has 0 amide bonds. The van der Waals surface area contributed by atoms with E-state index in [0.29, 0.717) is 43.2 Å². The molecule has 10 nitrogen and oxygen atoms in total. The van der Waals surface area contributed by atoms with Crippen LogP contribution in [0.5, 0.6) is 5.75 Å². The molecule has 2 aromatic carbocycles. The molecule has 6 rings (SSSR count). The van der Waals surface area contributed by atoms with Crippen molar-refractivity contribution in [2.75, 3.05) is 17.8 Å². The van der Waals surface area contributed by atoms with E-state index < -0.39 is 16.1 Å². The van der Waals surface area contributed by atoms with E-state index in [4.69, 9.17) is 4.74 Å². The molecule has 2 unspecified atom stereocenters. The first-order chi connectivity index (χ1) is 21.9. The highest BCUT2D eigenvalue weighted by atomic mass is 32.2. The molecule has 0 bridgehead atoms. The molecule has 2 aromatic heterocycles. The fourth-order valence-electron chi connectivity index (χ4n) is 6.34. The minimum Gasteiger partial charge on any atom is -0.489 e. The summed E-state index contributed by atoms with van der Waals surface area (Å²) >= 11 is 0. The van der Waals surface area contributed by atoms with Crippen molar-refractivity contribution in [3.8, 4) is 11.4 Å². The van der Waals surface area contributed by atoms with Crippen molar-refractivity contribution in [2.24, 2.45) is 5.92 Å². The van der Waals surface area contributed by atoms with Crippen LogP contribution in [0, 0.1) is 5.92 Å². The van der Waals surface area contributed by atoms with E-state index in [0.717, 1.165) is 29.9 Å². The Hall–Kier alpha value is -3.93. The van der Waals surface area contributed by atoms with Crippen molar-refractivity contribution < 1.29 is 18.3 Å². The number of aromatic nitrogens is 3. The highest BCUT2D eigenvalue weighted by Gasteiger charge is 2.23. The Morgan fingerprint density at radius 1 is 1.04 bits per heavy atom. The number of aryl methyl sites for hydroxylation is 2. The third kappa shape index (κ3) is 7.66. The van der Waals surface area contributed by atoms with Crippen molar-refractivity contribution >= 4 is 15.7 Å². The van der Waals surface area contributed by atoms with E-state index in [1.54, 1.807) is 76.3 Å². The maximum absolute atomic E-state index is 13.2. The van der Waals surface area contributed by atoms with Crippen LogP contribution in [0.15, 0.2) is 89.1 Å². The highest BCUT2D eigenvalue weighted by Crippen LogP contribution is 2.31. The molecule has 1 fully saturated rings. The number of anilines is 1. The first-order valence-electron chi connectivity index (χ1n) is 15.8. The zero-order chi connectivity index (χ0) is 31.2. The summed E-state index contributed by atoms with van der Waals surface area (Å²) in [7, 11) is -3.83. The molecular formula is C34H41N5O5S. The molecule has 0 saturated heterocycles. The van der Waals surface area contributed by atoms with Gasteiger partial charge in [0.05, 0.1) is 16.7 Å². The predicted octanol–water partition coefficient (Wildman–Crippen LogP) is 4.82. The predicted molar refractivity (Wildman–Crippen MR) is 173 cm³/mol. The summed E-state index contributed by atoms with van der Waals surface area (Å²) in [5.41, 5.74) is 2.59. The molecule has 1 aliphatic carbocycles. The Morgan fingerprint density at radius 2 is 1.87 bits per heavy atom. The number of aliphatic hydroxyl groups excluding tert-OH is 1. The standard InChI is InChI=1S/C34H41N5O5S/c40-32(27-8-3-17-35-22-27)24-36-23-30-14-9-26-21-31(15-16-33(26)44-30)45(42,43)37-28-10-12-29(13-11-28)39-20-19-38(34(39)41)18-4-7-25-5-1-2-6-25/h3,8,10-13,15-17,19-22,25,30,32,36-37,40H,1-2,4-7,9,14,18,23-24H2. The van der Waals surface area contributed by atoms with E-state index in [9.17, 15) is 18.3 Å². The van der Waals surface area contributed by atoms with Crippen LogP contribution in [0.25, 0.3) is 5.69 Å². The molecule has 1 saturated carbocycles. The minimum atomic E-state index is -3.83. The summed E-state index contributed by atoms with van der Waals surface area (Å²) < 4.78 is 38.6. The number of ether oxygens (including phenoxy) is 1. The maximum Gasteiger partial charge on any atom is 0.332 e. The van der Waals surface area contributed by atoms with Crippen molar-refractivity contribution in [3.63, 3.8) is 0 Å². The van der Waals surface area contributed by atoms with Crippen LogP contribution < -0.4 is 20.5 Å². The van der Waals surface area contributed by atoms with Gasteiger partial charge in [0.2, 0.25) is 0 Å². The molecule has 3 N–H and O–H groups in total. The average Bonchev–Trinajstić information content (AvgIpc) is 3.71. The van der Waals surface area contributed by atoms with E-state index in [1.807, 2.05) is 12.3 Å². The lowest BCUT2D eigenvalue weighted by atomic mass is 10.0. The zero-order valence-corrected chi connectivity index (χ0v) is 26.2. The molecule has 2 atom stereocenters. The molecule has 0 spiro atoms. The molecule has 238 valence electrons. The van der Waals surface area contributed by atoms with Gasteiger partial charge in [-0.2, -0.15) is 0 Å². The molecule has 3 heterocycles. The molecule has 1 aliphatic heterocycles. The zero-order valence-electron chi connectivity index (χ0n) is 25.3. The van der Waals surface area contributed by atoms with E-state index in [-0.39, 0.29) is 16.7 Å². The van der Waals surface area contributed by atoms with E-state index in [2.05, 4.69) is 15.0 Å². The topological polar surface area (TPSA) is 127 Å². The van der Waals surface area contributed by atoms with Gasteiger partial charge in [0.15, 0.2) is 0 Å². The summed E-state index contributed by atoms with van der Waals surface area (Å²) in [6, 6.07) is 15.4. The summed E-state index contributed by atoms with van der Waals surface area (Å²) in [6.45, 7) is 1.65. The van der Waals surface area contributed by atoms with Crippen LogP contribution in [-0.4, -0.2) is 46.8 Å². The maximum atomic E-state index is 13.2. The minimum absolute atomic E-state index is 0.0842. The van der Waals surface area contributed by atoms with Crippen molar-refractivity contribution in [2.45, 2.75) is 75.0 Å². The Morgan fingerprint density at radius 3 is 2.64 bits per heavy atom. The van der Waals surface area contributed by atoms with Crippen molar-refractivity contribution in [1.29, 1.82) is 0 Å². The molecule has 0 radical (unpaired) electrons. The van der Waals surface area contributed by atoms with Crippen LogP contribution >= 0.6 is 0 Å². The van der Waals surface area contributed by atoms with Crippen molar-refractivity contribution in [1.82, 2.24) is 19.4 Å². The first kappa shape index (κ1) is 31.1. The smallest absolute Gasteiger partial charge is 0.332 e. The Bertz CT molecular complexity index is 1730. The van der Waals surface area contributed by atoms with Gasteiger partial charge in [0, 0.05) is 55.7 Å². The highest BCUT2D eigenvalue weighted by molar-refractivity contribution is 7.92. The fraction of sp³-hybridized carbons (Fsp3) is 0.412. The fourth-order valence-corrected chi connectivity index (χ4v) is 7.45. The molecule has 4 aromatic rings. The second kappa shape index (κ2) is 14.0. The summed E-state index contributed by atoms with van der Waals surface area (Å²) in [5, 5.41) is 13.6. The SMILES string of the molecule is O=c1n(CCCC2CCCC2)ccn1-c1ccc(NS(=O)(=O)c2ccc3c(c2)CCC(CNCC(O)c2cccnc2)O3)cc1. The number of nitrogens with one attached hydrogen (secondary N) is 2. The quantitative estimate of drug-likeness (QED) is 0.193. The monoisotopic (exact) mass is 631 g/mol. The lowest BCUT2D eigenvalue weighted by Gasteiger charge is -2.27. The average molecular weight is 632 g/mol. The van der Waals surface area contributed by atoms with Crippen LogP contribution in [0.1, 0.15) is 62.2 Å². The van der Waals surface area contributed by atoms with Gasteiger partial charge in [-0.25, -0.2) is 13.2 Å². The number of sulfonamides is 1. The van der Waals surface area contributed by atoms with Crippen LogP contribution in [0.2, 0.25) is 0 Å². The Labute approximate surface area is 264 Å². The lowest BCUT2D eigenvalue weighted by Crippen LogP contribution is -2.36. The number of hydrogen-bond donors (Lipinski definition) is 3. The van der Waals surface area contributed by atoms with E-state index >= 15 is 0 Å². The second-order valence-electron chi connectivity index (χ2n) is 12.1. The molecule has 2 aliphatic rings. The lowest BCUT2D eigenvalue weighted by molar-refractivity contribution is 0.146. The van der Waals surface area contributed by atoms with Gasteiger partial charge in [-0.05, 0) is 85.7 Å². The van der Waals surface area contributed by atoms with Crippen LogP contribution in [0.3, 0.4) is 0 Å². The Kier molecular flexibility index (Phi) is 9.67. The number of fused-ring (bicyclic) bond motifs is 1. The molecular weight excluding hydrogens is 590 g/mol. The third-order valence-electron chi connectivity index (χ3n) is 8.88. The number of imidazole rings is 1. The third-order valence-corrected chi connectivity index (χ3v) is 10.3. The van der Waals surface area contributed by atoms with Gasteiger partial charge < -0.3 is 15.2 Å². The van der Waals surface area contributed by atoms with Crippen LogP contribution in [0.4, 0.5) is 5.69 Å². The van der Waals surface area contributed by atoms with Crippen molar-refractivity contribution in [3.05, 3.63) is 101 Å². The number of pyridine rings is 1. The molecule has 11 heteroatoms. The second-order valence-corrected chi connectivity index (χ2v) is 13.8. The van der Waals surface area contributed by atoms with Crippen LogP contribution in [-0.2, 0) is 23.0 Å². The summed E-state index contributed by atoms with van der Waals surface area (Å²) in [4.78, 5) is 17.2. The van der Waals surface area contributed by atoms with Gasteiger partial charge >= 0.3 is 5.69 Å². The largest absolute Gasteiger partial charge is 0.489 e.